The number of ether oxygens (including phenoxy) is 1. The zero-order chi connectivity index (χ0) is 14.0. The molecule has 5 nitrogen and oxygen atoms in total. The van der Waals surface area contributed by atoms with Crippen molar-refractivity contribution in [1.82, 2.24) is 14.8 Å². The van der Waals surface area contributed by atoms with Gasteiger partial charge in [0.15, 0.2) is 5.75 Å². The van der Waals surface area contributed by atoms with Crippen LogP contribution in [0, 0.1) is 25.2 Å². The quantitative estimate of drug-likeness (QED) is 0.846. The first kappa shape index (κ1) is 13.1. The molecule has 0 saturated carbocycles. The summed E-state index contributed by atoms with van der Waals surface area (Å²) < 4.78 is 7.47. The maximum Gasteiger partial charge on any atom is 0.237 e. The third-order valence-electron chi connectivity index (χ3n) is 2.74. The monoisotopic (exact) mass is 256 g/mol. The van der Waals surface area contributed by atoms with Crippen molar-refractivity contribution >= 4 is 0 Å². The summed E-state index contributed by atoms with van der Waals surface area (Å²) in [4.78, 5) is 4.27. The number of hydrogen-bond donors (Lipinski definition) is 0. The van der Waals surface area contributed by atoms with Gasteiger partial charge in [-0.1, -0.05) is 0 Å². The van der Waals surface area contributed by atoms with E-state index < -0.39 is 0 Å². The molecule has 19 heavy (non-hydrogen) atoms. The minimum absolute atomic E-state index is 0.264. The van der Waals surface area contributed by atoms with E-state index in [2.05, 4.69) is 16.2 Å². The van der Waals surface area contributed by atoms with Crippen LogP contribution in [0.5, 0.6) is 11.6 Å². The fraction of sp³-hybridized carbons (Fsp3) is 0.357. The molecule has 0 aliphatic heterocycles. The van der Waals surface area contributed by atoms with Crippen LogP contribution < -0.4 is 4.74 Å². The predicted octanol–water partition coefficient (Wildman–Crippen LogP) is 3.14. The minimum Gasteiger partial charge on any atom is -0.434 e. The average Bonchev–Trinajstić information content (AvgIpc) is 2.77. The van der Waals surface area contributed by atoms with Gasteiger partial charge in [0, 0.05) is 11.7 Å². The van der Waals surface area contributed by atoms with E-state index in [1.54, 1.807) is 17.1 Å². The van der Waals surface area contributed by atoms with E-state index in [4.69, 9.17) is 4.74 Å². The summed E-state index contributed by atoms with van der Waals surface area (Å²) in [5, 5.41) is 13.4. The van der Waals surface area contributed by atoms with Crippen molar-refractivity contribution in [2.75, 3.05) is 0 Å². The molecule has 0 N–H and O–H groups in total. The Morgan fingerprint density at radius 1 is 1.37 bits per heavy atom. The molecule has 5 heteroatoms. The molecule has 2 rings (SSSR count). The van der Waals surface area contributed by atoms with Gasteiger partial charge in [0.05, 0.1) is 12.4 Å². The van der Waals surface area contributed by atoms with Gasteiger partial charge in [-0.15, -0.1) is 0 Å². The number of rotatable bonds is 3. The second-order valence-electron chi connectivity index (χ2n) is 4.72. The van der Waals surface area contributed by atoms with Gasteiger partial charge in [-0.25, -0.2) is 4.98 Å². The molecule has 98 valence electrons. The normalized spacial score (nSPS) is 10.5. The number of aryl methyl sites for hydroxylation is 2. The molecule has 0 radical (unpaired) electrons. The molecule has 0 saturated heterocycles. The summed E-state index contributed by atoms with van der Waals surface area (Å²) in [5.74, 6) is 0.922. The zero-order valence-electron chi connectivity index (χ0n) is 11.5. The van der Waals surface area contributed by atoms with Gasteiger partial charge >= 0.3 is 0 Å². The first-order chi connectivity index (χ1) is 9.01. The van der Waals surface area contributed by atoms with Crippen molar-refractivity contribution in [2.45, 2.75) is 33.7 Å². The fourth-order valence-electron chi connectivity index (χ4n) is 1.78. The van der Waals surface area contributed by atoms with E-state index in [1.165, 1.54) is 0 Å². The van der Waals surface area contributed by atoms with Gasteiger partial charge in [0.1, 0.15) is 11.6 Å². The van der Waals surface area contributed by atoms with Crippen molar-refractivity contribution < 1.29 is 4.74 Å². The van der Waals surface area contributed by atoms with Crippen molar-refractivity contribution in [1.29, 1.82) is 5.26 Å². The van der Waals surface area contributed by atoms with E-state index in [1.807, 2.05) is 33.8 Å². The molecule has 2 heterocycles. The molecule has 0 aromatic carbocycles. The van der Waals surface area contributed by atoms with Crippen molar-refractivity contribution in [3.05, 3.63) is 35.3 Å². The fourth-order valence-corrected chi connectivity index (χ4v) is 1.78. The summed E-state index contributed by atoms with van der Waals surface area (Å²) >= 11 is 0. The molecule has 0 atom stereocenters. The highest BCUT2D eigenvalue weighted by Gasteiger charge is 2.12. The van der Waals surface area contributed by atoms with Crippen LogP contribution in [0.3, 0.4) is 0 Å². The molecular weight excluding hydrogens is 240 g/mol. The van der Waals surface area contributed by atoms with Crippen LogP contribution in [0.4, 0.5) is 0 Å². The smallest absolute Gasteiger partial charge is 0.237 e. The van der Waals surface area contributed by atoms with Gasteiger partial charge in [-0.05, 0) is 39.3 Å². The van der Waals surface area contributed by atoms with Crippen molar-refractivity contribution in [2.24, 2.45) is 0 Å². The number of nitrogens with zero attached hydrogens (tertiary/aromatic N) is 4. The van der Waals surface area contributed by atoms with Gasteiger partial charge in [-0.2, -0.15) is 10.4 Å². The molecular formula is C14H16N4O. The van der Waals surface area contributed by atoms with E-state index in [0.717, 1.165) is 11.3 Å². The SMILES string of the molecule is Cc1cc(C)c(C#N)c(Oc2cnn(C(C)C)c2)n1. The van der Waals surface area contributed by atoms with Gasteiger partial charge < -0.3 is 4.74 Å². The highest BCUT2D eigenvalue weighted by molar-refractivity contribution is 5.46. The third-order valence-corrected chi connectivity index (χ3v) is 2.74. The van der Waals surface area contributed by atoms with Crippen LogP contribution in [0.15, 0.2) is 18.5 Å². The number of hydrogen-bond acceptors (Lipinski definition) is 4. The van der Waals surface area contributed by atoms with Crippen LogP contribution in [0.1, 0.15) is 36.7 Å². The highest BCUT2D eigenvalue weighted by atomic mass is 16.5. The molecule has 0 aliphatic rings. The van der Waals surface area contributed by atoms with Crippen LogP contribution in [-0.4, -0.2) is 14.8 Å². The lowest BCUT2D eigenvalue weighted by Crippen LogP contribution is -2.00. The lowest BCUT2D eigenvalue weighted by Gasteiger charge is -2.07. The van der Waals surface area contributed by atoms with Gasteiger partial charge in [0.2, 0.25) is 5.88 Å². The van der Waals surface area contributed by atoms with Gasteiger partial charge in [0.25, 0.3) is 0 Å². The van der Waals surface area contributed by atoms with E-state index in [-0.39, 0.29) is 6.04 Å². The molecule has 0 amide bonds. The van der Waals surface area contributed by atoms with Crippen LogP contribution in [0.25, 0.3) is 0 Å². The minimum atomic E-state index is 0.264. The Hall–Kier alpha value is -2.35. The second kappa shape index (κ2) is 5.11. The topological polar surface area (TPSA) is 63.7 Å². The Bertz CT molecular complexity index is 637. The predicted molar refractivity (Wildman–Crippen MR) is 71.1 cm³/mol. The Morgan fingerprint density at radius 3 is 2.68 bits per heavy atom. The van der Waals surface area contributed by atoms with Gasteiger partial charge in [-0.3, -0.25) is 4.68 Å². The molecule has 0 unspecified atom stereocenters. The van der Waals surface area contributed by atoms with Crippen LogP contribution in [0.2, 0.25) is 0 Å². The molecule has 0 spiro atoms. The summed E-state index contributed by atoms with van der Waals surface area (Å²) in [5.41, 5.74) is 2.15. The first-order valence-electron chi connectivity index (χ1n) is 6.11. The maximum atomic E-state index is 9.17. The largest absolute Gasteiger partial charge is 0.434 e. The molecule has 0 aliphatic carbocycles. The Labute approximate surface area is 112 Å². The van der Waals surface area contributed by atoms with Crippen molar-refractivity contribution in [3.8, 4) is 17.7 Å². The average molecular weight is 256 g/mol. The lowest BCUT2D eigenvalue weighted by atomic mass is 10.1. The Kier molecular flexibility index (Phi) is 3.52. The van der Waals surface area contributed by atoms with E-state index in [9.17, 15) is 5.26 Å². The van der Waals surface area contributed by atoms with E-state index in [0.29, 0.717) is 17.2 Å². The lowest BCUT2D eigenvalue weighted by molar-refractivity contribution is 0.456. The van der Waals surface area contributed by atoms with Crippen molar-refractivity contribution in [3.63, 3.8) is 0 Å². The number of nitriles is 1. The number of aromatic nitrogens is 3. The standard InChI is InChI=1S/C14H16N4O/c1-9(2)18-8-12(7-16-18)19-14-13(6-15)10(3)5-11(4)17-14/h5,7-9H,1-4H3. The molecule has 0 fully saturated rings. The third kappa shape index (κ3) is 2.74. The number of pyridine rings is 1. The Balaban J connectivity index is 2.35. The summed E-state index contributed by atoms with van der Waals surface area (Å²) in [7, 11) is 0. The zero-order valence-corrected chi connectivity index (χ0v) is 11.5. The molecule has 2 aromatic heterocycles. The molecule has 0 bridgehead atoms. The summed E-state index contributed by atoms with van der Waals surface area (Å²) in [6.07, 6.45) is 3.42. The van der Waals surface area contributed by atoms with E-state index >= 15 is 0 Å². The highest BCUT2D eigenvalue weighted by Crippen LogP contribution is 2.25. The second-order valence-corrected chi connectivity index (χ2v) is 4.72. The first-order valence-corrected chi connectivity index (χ1v) is 6.11. The Morgan fingerprint density at radius 2 is 2.11 bits per heavy atom. The summed E-state index contributed by atoms with van der Waals surface area (Å²) in [6, 6.07) is 4.25. The van der Waals surface area contributed by atoms with Crippen LogP contribution in [-0.2, 0) is 0 Å². The maximum absolute atomic E-state index is 9.17. The summed E-state index contributed by atoms with van der Waals surface area (Å²) in [6.45, 7) is 7.81. The molecule has 2 aromatic rings. The van der Waals surface area contributed by atoms with Crippen LogP contribution >= 0.6 is 0 Å².